The highest BCUT2D eigenvalue weighted by atomic mass is 16.1. The molecule has 0 radical (unpaired) electrons. The SMILES string of the molecule is CC(Cc1ccccc1)Nc1nccn(C)c1=O. The number of rotatable bonds is 4. The molecule has 1 aromatic carbocycles. The highest BCUT2D eigenvalue weighted by Crippen LogP contribution is 2.05. The quantitative estimate of drug-likeness (QED) is 0.891. The second-order valence-corrected chi connectivity index (χ2v) is 4.43. The molecule has 0 saturated carbocycles. The van der Waals surface area contributed by atoms with E-state index in [4.69, 9.17) is 0 Å². The Kier molecular flexibility index (Phi) is 3.77. The number of benzene rings is 1. The van der Waals surface area contributed by atoms with Crippen LogP contribution in [-0.4, -0.2) is 15.6 Å². The summed E-state index contributed by atoms with van der Waals surface area (Å²) in [5.74, 6) is 0.406. The van der Waals surface area contributed by atoms with Gasteiger partial charge < -0.3 is 9.88 Å². The minimum Gasteiger partial charge on any atom is -0.363 e. The number of hydrogen-bond donors (Lipinski definition) is 1. The Morgan fingerprint density at radius 2 is 2.06 bits per heavy atom. The Morgan fingerprint density at radius 3 is 2.78 bits per heavy atom. The molecule has 1 atom stereocenters. The standard InChI is InChI=1S/C14H17N3O/c1-11(10-12-6-4-3-5-7-12)16-13-14(18)17(2)9-8-15-13/h3-9,11H,10H2,1-2H3,(H,15,16). The summed E-state index contributed by atoms with van der Waals surface area (Å²) in [6.45, 7) is 2.04. The number of anilines is 1. The molecule has 4 heteroatoms. The molecule has 0 amide bonds. The highest BCUT2D eigenvalue weighted by molar-refractivity contribution is 5.32. The lowest BCUT2D eigenvalue weighted by atomic mass is 10.1. The molecule has 0 spiro atoms. The van der Waals surface area contributed by atoms with Crippen LogP contribution in [0.5, 0.6) is 0 Å². The molecule has 0 aliphatic heterocycles. The van der Waals surface area contributed by atoms with Crippen molar-refractivity contribution in [2.45, 2.75) is 19.4 Å². The Labute approximate surface area is 106 Å². The van der Waals surface area contributed by atoms with E-state index in [1.54, 1.807) is 19.4 Å². The first-order valence-electron chi connectivity index (χ1n) is 5.99. The summed E-state index contributed by atoms with van der Waals surface area (Å²) in [5.41, 5.74) is 1.14. The van der Waals surface area contributed by atoms with Crippen LogP contribution in [0.1, 0.15) is 12.5 Å². The van der Waals surface area contributed by atoms with Crippen molar-refractivity contribution in [3.8, 4) is 0 Å². The molecular formula is C14H17N3O. The fourth-order valence-corrected chi connectivity index (χ4v) is 1.85. The van der Waals surface area contributed by atoms with Crippen LogP contribution >= 0.6 is 0 Å². The zero-order valence-electron chi connectivity index (χ0n) is 10.6. The second kappa shape index (κ2) is 5.49. The maximum atomic E-state index is 11.8. The van der Waals surface area contributed by atoms with Gasteiger partial charge in [0.05, 0.1) is 0 Å². The smallest absolute Gasteiger partial charge is 0.293 e. The topological polar surface area (TPSA) is 46.9 Å². The molecule has 0 bridgehead atoms. The first kappa shape index (κ1) is 12.4. The molecule has 2 aromatic rings. The lowest BCUT2D eigenvalue weighted by Crippen LogP contribution is -2.27. The average Bonchev–Trinajstić information content (AvgIpc) is 2.36. The van der Waals surface area contributed by atoms with Gasteiger partial charge in [-0.1, -0.05) is 30.3 Å². The van der Waals surface area contributed by atoms with E-state index in [9.17, 15) is 4.79 Å². The first-order chi connectivity index (χ1) is 8.66. The maximum absolute atomic E-state index is 11.8. The molecule has 1 unspecified atom stereocenters. The number of nitrogens with one attached hydrogen (secondary N) is 1. The normalized spacial score (nSPS) is 12.1. The van der Waals surface area contributed by atoms with Crippen molar-refractivity contribution in [3.05, 3.63) is 58.6 Å². The van der Waals surface area contributed by atoms with E-state index in [0.717, 1.165) is 6.42 Å². The molecule has 2 rings (SSSR count). The first-order valence-corrected chi connectivity index (χ1v) is 5.99. The van der Waals surface area contributed by atoms with E-state index in [-0.39, 0.29) is 11.6 Å². The van der Waals surface area contributed by atoms with Gasteiger partial charge in [-0.15, -0.1) is 0 Å². The van der Waals surface area contributed by atoms with Gasteiger partial charge in [0.25, 0.3) is 5.56 Å². The number of aryl methyl sites for hydroxylation is 1. The van der Waals surface area contributed by atoms with Gasteiger partial charge in [-0.2, -0.15) is 0 Å². The van der Waals surface area contributed by atoms with Gasteiger partial charge in [-0.05, 0) is 18.9 Å². The molecule has 0 saturated heterocycles. The molecule has 0 aliphatic rings. The van der Waals surface area contributed by atoms with Crippen molar-refractivity contribution in [1.29, 1.82) is 0 Å². The largest absolute Gasteiger partial charge is 0.363 e. The molecule has 4 nitrogen and oxygen atoms in total. The van der Waals surface area contributed by atoms with Crippen molar-refractivity contribution in [1.82, 2.24) is 9.55 Å². The van der Waals surface area contributed by atoms with Gasteiger partial charge >= 0.3 is 0 Å². The van der Waals surface area contributed by atoms with Crippen molar-refractivity contribution >= 4 is 5.82 Å². The second-order valence-electron chi connectivity index (χ2n) is 4.43. The predicted molar refractivity (Wildman–Crippen MR) is 72.7 cm³/mol. The van der Waals surface area contributed by atoms with E-state index in [1.807, 2.05) is 25.1 Å². The van der Waals surface area contributed by atoms with Crippen molar-refractivity contribution < 1.29 is 0 Å². The molecule has 94 valence electrons. The monoisotopic (exact) mass is 243 g/mol. The number of hydrogen-bond acceptors (Lipinski definition) is 3. The summed E-state index contributed by atoms with van der Waals surface area (Å²) >= 11 is 0. The number of aromatic nitrogens is 2. The van der Waals surface area contributed by atoms with Gasteiger partial charge in [0.1, 0.15) is 0 Å². The predicted octanol–water partition coefficient (Wildman–Crippen LogP) is 1.82. The van der Waals surface area contributed by atoms with Crippen LogP contribution in [0, 0.1) is 0 Å². The van der Waals surface area contributed by atoms with E-state index in [1.165, 1.54) is 10.1 Å². The summed E-state index contributed by atoms with van der Waals surface area (Å²) in [6, 6.07) is 10.3. The summed E-state index contributed by atoms with van der Waals surface area (Å²) in [6.07, 6.45) is 4.13. The molecule has 1 aromatic heterocycles. The van der Waals surface area contributed by atoms with Gasteiger partial charge in [0.15, 0.2) is 5.82 Å². The zero-order valence-corrected chi connectivity index (χ0v) is 10.6. The fraction of sp³-hybridized carbons (Fsp3) is 0.286. The van der Waals surface area contributed by atoms with Crippen LogP contribution < -0.4 is 10.9 Å². The van der Waals surface area contributed by atoms with Crippen molar-refractivity contribution in [2.24, 2.45) is 7.05 Å². The Balaban J connectivity index is 2.06. The Bertz CT molecular complexity index is 563. The summed E-state index contributed by atoms with van der Waals surface area (Å²) in [4.78, 5) is 15.9. The molecular weight excluding hydrogens is 226 g/mol. The summed E-state index contributed by atoms with van der Waals surface area (Å²) in [5, 5.41) is 3.16. The third kappa shape index (κ3) is 2.97. The molecule has 18 heavy (non-hydrogen) atoms. The van der Waals surface area contributed by atoms with Crippen LogP contribution in [0.15, 0.2) is 47.5 Å². The molecule has 1 N–H and O–H groups in total. The molecule has 1 heterocycles. The lowest BCUT2D eigenvalue weighted by molar-refractivity contribution is 0.767. The lowest BCUT2D eigenvalue weighted by Gasteiger charge is -2.14. The van der Waals surface area contributed by atoms with Gasteiger partial charge in [0.2, 0.25) is 0 Å². The van der Waals surface area contributed by atoms with Crippen LogP contribution in [0.3, 0.4) is 0 Å². The van der Waals surface area contributed by atoms with Crippen LogP contribution in [-0.2, 0) is 13.5 Å². The number of nitrogens with zero attached hydrogens (tertiary/aromatic N) is 2. The van der Waals surface area contributed by atoms with E-state index in [2.05, 4.69) is 22.4 Å². The van der Waals surface area contributed by atoms with Gasteiger partial charge in [-0.25, -0.2) is 4.98 Å². The highest BCUT2D eigenvalue weighted by Gasteiger charge is 2.07. The van der Waals surface area contributed by atoms with Crippen molar-refractivity contribution in [3.63, 3.8) is 0 Å². The van der Waals surface area contributed by atoms with E-state index < -0.39 is 0 Å². The minimum atomic E-state index is -0.0996. The maximum Gasteiger partial charge on any atom is 0.293 e. The Morgan fingerprint density at radius 1 is 1.33 bits per heavy atom. The average molecular weight is 243 g/mol. The van der Waals surface area contributed by atoms with E-state index >= 15 is 0 Å². The van der Waals surface area contributed by atoms with Gasteiger partial charge in [-0.3, -0.25) is 4.79 Å². The summed E-state index contributed by atoms with van der Waals surface area (Å²) in [7, 11) is 1.72. The fourth-order valence-electron chi connectivity index (χ4n) is 1.85. The minimum absolute atomic E-state index is 0.0996. The summed E-state index contributed by atoms with van der Waals surface area (Å²) < 4.78 is 1.52. The molecule has 0 aliphatic carbocycles. The van der Waals surface area contributed by atoms with Gasteiger partial charge in [0, 0.05) is 25.5 Å². The van der Waals surface area contributed by atoms with Crippen molar-refractivity contribution in [2.75, 3.05) is 5.32 Å². The third-order valence-corrected chi connectivity index (χ3v) is 2.78. The van der Waals surface area contributed by atoms with Crippen LogP contribution in [0.2, 0.25) is 0 Å². The Hall–Kier alpha value is -2.10. The third-order valence-electron chi connectivity index (χ3n) is 2.78. The van der Waals surface area contributed by atoms with E-state index in [0.29, 0.717) is 5.82 Å². The molecule has 0 fully saturated rings. The van der Waals surface area contributed by atoms with Crippen LogP contribution in [0.25, 0.3) is 0 Å². The zero-order chi connectivity index (χ0) is 13.0. The van der Waals surface area contributed by atoms with Crippen LogP contribution in [0.4, 0.5) is 5.82 Å².